The molecule has 0 aromatic rings. The highest BCUT2D eigenvalue weighted by atomic mass is 16.9. The summed E-state index contributed by atoms with van der Waals surface area (Å²) < 4.78 is 42.6. The first-order valence-electron chi connectivity index (χ1n) is 20.9. The van der Waals surface area contributed by atoms with Crippen molar-refractivity contribution in [3.8, 4) is 0 Å². The van der Waals surface area contributed by atoms with Crippen LogP contribution in [0.5, 0.6) is 0 Å². The van der Waals surface area contributed by atoms with Gasteiger partial charge in [0.2, 0.25) is 0 Å². The minimum absolute atomic E-state index is 0.171. The molecule has 0 spiro atoms. The van der Waals surface area contributed by atoms with Gasteiger partial charge in [-0.15, -0.1) is 0 Å². The highest BCUT2D eigenvalue weighted by Crippen LogP contribution is 2.77. The Kier molecular flexibility index (Phi) is 10.1. The molecule has 7 aliphatic rings. The summed E-state index contributed by atoms with van der Waals surface area (Å²) in [5.74, 6) is 0.0255. The number of carbonyl (C=O) groups is 3. The van der Waals surface area contributed by atoms with E-state index in [-0.39, 0.29) is 29.0 Å². The van der Waals surface area contributed by atoms with Crippen molar-refractivity contribution in [2.45, 2.75) is 183 Å². The van der Waals surface area contributed by atoms with E-state index in [0.29, 0.717) is 28.6 Å². The lowest BCUT2D eigenvalue weighted by atomic mass is 9.32. The predicted octanol–water partition coefficient (Wildman–Crippen LogP) is 8.29. The molecule has 7 rings (SSSR count). The third-order valence-electron chi connectivity index (χ3n) is 17.1. The summed E-state index contributed by atoms with van der Waals surface area (Å²) in [4.78, 5) is 36.2. The SMILES string of the molecule is C=C(C)[C@@H]1CC[C@]2(C)CC[C@]3(C)[C@H](CC[C@@H]4[C@@]5(C)CC[C@H](OC6(C)O[C@H]7O[C@H](COC(C)=O)[C@H](OC(C)=O)[C@H](OC(C)=O)[C@H]7O6)C(C)(C)[C@@H]5CC[C@]43C)[C@@H]12. The van der Waals surface area contributed by atoms with Crippen LogP contribution in [0.3, 0.4) is 0 Å². The number of hydrogen-bond acceptors (Lipinski definition) is 10. The van der Waals surface area contributed by atoms with E-state index in [2.05, 4.69) is 55.0 Å². The summed E-state index contributed by atoms with van der Waals surface area (Å²) in [6, 6.07) is 0. The normalized spacial score (nSPS) is 50.3. The number of hydrogen-bond donors (Lipinski definition) is 0. The Labute approximate surface area is 323 Å². The molecule has 0 aromatic carbocycles. The maximum Gasteiger partial charge on any atom is 0.303 e. The van der Waals surface area contributed by atoms with Crippen LogP contribution in [0.15, 0.2) is 12.2 Å². The summed E-state index contributed by atoms with van der Waals surface area (Å²) >= 11 is 0. The lowest BCUT2D eigenvalue weighted by molar-refractivity contribution is -0.379. The lowest BCUT2D eigenvalue weighted by Gasteiger charge is -2.73. The second-order valence-corrected chi connectivity index (χ2v) is 20.4. The van der Waals surface area contributed by atoms with Crippen LogP contribution in [0.2, 0.25) is 0 Å². The van der Waals surface area contributed by atoms with Crippen molar-refractivity contribution in [2.75, 3.05) is 6.61 Å². The van der Waals surface area contributed by atoms with E-state index in [1.165, 1.54) is 71.3 Å². The zero-order valence-corrected chi connectivity index (χ0v) is 34.9. The summed E-state index contributed by atoms with van der Waals surface area (Å²) in [5, 5.41) is 0. The molecule has 0 bridgehead atoms. The second-order valence-electron chi connectivity index (χ2n) is 20.4. The van der Waals surface area contributed by atoms with Crippen LogP contribution in [0, 0.1) is 56.7 Å². The van der Waals surface area contributed by atoms with Gasteiger partial charge in [0.05, 0.1) is 6.10 Å². The molecule has 0 radical (unpaired) electrons. The molecule has 2 aliphatic heterocycles. The number of esters is 3. The van der Waals surface area contributed by atoms with Crippen molar-refractivity contribution in [1.82, 2.24) is 0 Å². The van der Waals surface area contributed by atoms with E-state index >= 15 is 0 Å². The van der Waals surface area contributed by atoms with Crippen LogP contribution in [-0.4, -0.2) is 67.3 Å². The van der Waals surface area contributed by atoms with Crippen LogP contribution in [0.4, 0.5) is 0 Å². The monoisotopic (exact) mass is 756 g/mol. The van der Waals surface area contributed by atoms with E-state index in [1.807, 2.05) is 0 Å². The molecular weight excluding hydrogens is 688 g/mol. The third kappa shape index (κ3) is 6.21. The maximum atomic E-state index is 12.3. The summed E-state index contributed by atoms with van der Waals surface area (Å²) in [5.41, 5.74) is 2.42. The van der Waals surface area contributed by atoms with E-state index in [9.17, 15) is 14.4 Å². The highest BCUT2D eigenvalue weighted by molar-refractivity contribution is 5.68. The van der Waals surface area contributed by atoms with E-state index < -0.39 is 54.6 Å². The number of rotatable bonds is 7. The molecule has 5 saturated carbocycles. The first-order valence-corrected chi connectivity index (χ1v) is 20.9. The van der Waals surface area contributed by atoms with Gasteiger partial charge in [-0.2, -0.15) is 0 Å². The molecular formula is C44H68O10. The summed E-state index contributed by atoms with van der Waals surface area (Å²) in [6.07, 6.45) is 7.03. The van der Waals surface area contributed by atoms with Gasteiger partial charge in [0, 0.05) is 27.7 Å². The van der Waals surface area contributed by atoms with Gasteiger partial charge >= 0.3 is 17.9 Å². The average Bonchev–Trinajstić information content (AvgIpc) is 3.59. The number of ether oxygens (including phenoxy) is 7. The largest absolute Gasteiger partial charge is 0.463 e. The molecule has 0 aromatic heterocycles. The van der Waals surface area contributed by atoms with Crippen molar-refractivity contribution in [3.05, 3.63) is 12.2 Å². The summed E-state index contributed by atoms with van der Waals surface area (Å²) in [7, 11) is 0. The van der Waals surface area contributed by atoms with Crippen molar-refractivity contribution in [2.24, 2.45) is 56.7 Å². The topological polar surface area (TPSA) is 116 Å². The van der Waals surface area contributed by atoms with Crippen molar-refractivity contribution >= 4 is 17.9 Å². The van der Waals surface area contributed by atoms with Gasteiger partial charge < -0.3 is 28.4 Å². The molecule has 5 aliphatic carbocycles. The van der Waals surface area contributed by atoms with Crippen molar-refractivity contribution < 1.29 is 47.5 Å². The average molecular weight is 757 g/mol. The Morgan fingerprint density at radius 1 is 0.704 bits per heavy atom. The maximum absolute atomic E-state index is 12.3. The molecule has 1 unspecified atom stereocenters. The fourth-order valence-electron chi connectivity index (χ4n) is 14.6. The second kappa shape index (κ2) is 13.5. The van der Waals surface area contributed by atoms with E-state index in [4.69, 9.17) is 33.2 Å². The van der Waals surface area contributed by atoms with Gasteiger partial charge in [0.1, 0.15) is 12.7 Å². The van der Waals surface area contributed by atoms with Gasteiger partial charge in [-0.05, 0) is 128 Å². The molecule has 0 N–H and O–H groups in total. The molecule has 54 heavy (non-hydrogen) atoms. The highest BCUT2D eigenvalue weighted by Gasteiger charge is 2.71. The van der Waals surface area contributed by atoms with Crippen LogP contribution >= 0.6 is 0 Å². The standard InChI is InChI=1S/C44H68O10/c1-24(2)28-15-18-40(8)21-22-42(10)29(34(28)40)13-14-32-41(9)19-17-33(39(6,7)31(41)16-20-43(32,42)11)52-44(12)53-37-36(50-27(5)47)35(49-26(4)46)30(23-48-25(3)45)51-38(37)54-44/h28-38H,1,13-23H2,2-12H3/t28-,29+,30+,31-,32+,33-,34+,35-,36-,37+,38+,40+,41-,42+,43+,44?/m0/s1. The molecule has 2 saturated heterocycles. The number of fused-ring (bicyclic) bond motifs is 8. The van der Waals surface area contributed by atoms with Gasteiger partial charge in [0.25, 0.3) is 5.97 Å². The molecule has 0 amide bonds. The minimum Gasteiger partial charge on any atom is -0.463 e. The van der Waals surface area contributed by atoms with Crippen LogP contribution in [-0.2, 0) is 47.5 Å². The number of carbonyl (C=O) groups excluding carboxylic acids is 3. The summed E-state index contributed by atoms with van der Waals surface area (Å²) in [6.45, 7) is 27.5. The van der Waals surface area contributed by atoms with Crippen LogP contribution in [0.1, 0.15) is 140 Å². The first-order chi connectivity index (χ1) is 25.1. The Bertz CT molecular complexity index is 1530. The zero-order chi connectivity index (χ0) is 39.4. The fourth-order valence-corrected chi connectivity index (χ4v) is 14.6. The van der Waals surface area contributed by atoms with E-state index in [1.54, 1.807) is 6.92 Å². The first kappa shape index (κ1) is 40.2. The quantitative estimate of drug-likeness (QED) is 0.143. The molecule has 2 heterocycles. The van der Waals surface area contributed by atoms with Gasteiger partial charge in [-0.1, -0.05) is 53.7 Å². The smallest absolute Gasteiger partial charge is 0.303 e. The van der Waals surface area contributed by atoms with Crippen LogP contribution < -0.4 is 0 Å². The van der Waals surface area contributed by atoms with Gasteiger partial charge in [-0.25, -0.2) is 0 Å². The Hall–Kier alpha value is -2.01. The Balaban J connectivity index is 1.11. The Morgan fingerprint density at radius 2 is 1.39 bits per heavy atom. The van der Waals surface area contributed by atoms with Gasteiger partial charge in [-0.3, -0.25) is 19.1 Å². The third-order valence-corrected chi connectivity index (χ3v) is 17.1. The Morgan fingerprint density at radius 3 is 2.04 bits per heavy atom. The minimum atomic E-state index is -1.52. The lowest BCUT2D eigenvalue weighted by Crippen LogP contribution is -2.66. The number of allylic oxidation sites excluding steroid dienone is 1. The molecule has 10 nitrogen and oxygen atoms in total. The van der Waals surface area contributed by atoms with Gasteiger partial charge in [0.15, 0.2) is 24.6 Å². The van der Waals surface area contributed by atoms with Crippen molar-refractivity contribution in [3.63, 3.8) is 0 Å². The molecule has 16 atom stereocenters. The fraction of sp³-hybridized carbons (Fsp3) is 0.886. The van der Waals surface area contributed by atoms with Crippen LogP contribution in [0.25, 0.3) is 0 Å². The zero-order valence-electron chi connectivity index (χ0n) is 34.9. The van der Waals surface area contributed by atoms with Crippen molar-refractivity contribution in [1.29, 1.82) is 0 Å². The molecule has 7 fully saturated rings. The molecule has 10 heteroatoms. The van der Waals surface area contributed by atoms with E-state index in [0.717, 1.165) is 31.1 Å². The predicted molar refractivity (Wildman–Crippen MR) is 200 cm³/mol. The molecule has 304 valence electrons.